The van der Waals surface area contributed by atoms with E-state index in [0.717, 1.165) is 12.1 Å². The first-order valence-electron chi connectivity index (χ1n) is 7.15. The lowest BCUT2D eigenvalue weighted by Gasteiger charge is -2.35. The number of anilines is 1. The van der Waals surface area contributed by atoms with Gasteiger partial charge >= 0.3 is 0 Å². The van der Waals surface area contributed by atoms with Crippen LogP contribution in [0.15, 0.2) is 18.2 Å². The topological polar surface area (TPSA) is 45.4 Å². The maximum atomic E-state index is 5.77. The molecule has 4 nitrogen and oxygen atoms in total. The minimum Gasteiger partial charge on any atom is -0.375 e. The molecule has 2 heterocycles. The van der Waals surface area contributed by atoms with Gasteiger partial charge in [0.2, 0.25) is 0 Å². The molecular formula is C15H22N4S. The third kappa shape index (κ3) is 2.95. The molecule has 1 atom stereocenters. The number of nitrogens with zero attached hydrogens (tertiary/aromatic N) is 3. The summed E-state index contributed by atoms with van der Waals surface area (Å²) in [7, 11) is 4.45. The summed E-state index contributed by atoms with van der Waals surface area (Å²) in [6, 6.07) is 7.14. The van der Waals surface area contributed by atoms with E-state index in [-0.39, 0.29) is 0 Å². The minimum absolute atomic E-state index is 0.652. The number of likely N-dealkylation sites (N-methyl/N-ethyl adjacent to an activating group) is 2. The monoisotopic (exact) mass is 290 g/mol. The summed E-state index contributed by atoms with van der Waals surface area (Å²) in [6.07, 6.45) is 2.60. The number of rotatable bonds is 3. The third-order valence-electron chi connectivity index (χ3n) is 4.12. The molecular weight excluding hydrogens is 268 g/mol. The molecule has 1 aliphatic heterocycles. The molecule has 1 fully saturated rings. The molecule has 1 saturated heterocycles. The van der Waals surface area contributed by atoms with Crippen LogP contribution in [0.2, 0.25) is 0 Å². The average molecular weight is 290 g/mol. The van der Waals surface area contributed by atoms with E-state index >= 15 is 0 Å². The molecule has 0 bridgehead atoms. The number of likely N-dealkylation sites (tertiary alicyclic amines) is 1. The van der Waals surface area contributed by atoms with E-state index in [4.69, 9.17) is 5.73 Å². The summed E-state index contributed by atoms with van der Waals surface area (Å²) in [5.74, 6) is 0. The van der Waals surface area contributed by atoms with Gasteiger partial charge in [0.15, 0.2) is 5.13 Å². The Morgan fingerprint density at radius 1 is 1.50 bits per heavy atom. The highest BCUT2D eigenvalue weighted by molar-refractivity contribution is 7.22. The molecule has 0 radical (unpaired) electrons. The molecule has 3 rings (SSSR count). The zero-order valence-electron chi connectivity index (χ0n) is 12.2. The summed E-state index contributed by atoms with van der Waals surface area (Å²) in [5, 5.41) is 0.652. The largest absolute Gasteiger partial charge is 0.375 e. The molecule has 20 heavy (non-hydrogen) atoms. The van der Waals surface area contributed by atoms with Crippen LogP contribution < -0.4 is 5.73 Å². The van der Waals surface area contributed by atoms with Gasteiger partial charge in [-0.15, -0.1) is 0 Å². The Bertz CT molecular complexity index is 595. The first-order chi connectivity index (χ1) is 9.61. The predicted octanol–water partition coefficient (Wildman–Crippen LogP) is 2.40. The second kappa shape index (κ2) is 5.68. The van der Waals surface area contributed by atoms with Crippen molar-refractivity contribution < 1.29 is 0 Å². The van der Waals surface area contributed by atoms with Gasteiger partial charge in [0.05, 0.1) is 10.2 Å². The number of hydrogen-bond acceptors (Lipinski definition) is 5. The van der Waals surface area contributed by atoms with Gasteiger partial charge in [0.1, 0.15) is 0 Å². The fourth-order valence-electron chi connectivity index (χ4n) is 3.00. The van der Waals surface area contributed by atoms with Gasteiger partial charge in [-0.05, 0) is 51.2 Å². The Kier molecular flexibility index (Phi) is 3.92. The number of hydrogen-bond donors (Lipinski definition) is 1. The Hall–Kier alpha value is -1.17. The molecule has 0 aliphatic carbocycles. The number of thiazole rings is 1. The van der Waals surface area contributed by atoms with Gasteiger partial charge in [0.25, 0.3) is 0 Å². The van der Waals surface area contributed by atoms with Crippen molar-refractivity contribution in [3.05, 3.63) is 23.8 Å². The highest BCUT2D eigenvalue weighted by Gasteiger charge is 2.21. The van der Waals surface area contributed by atoms with E-state index in [2.05, 4.69) is 47.1 Å². The number of nitrogens with two attached hydrogens (primary N) is 1. The number of aromatic nitrogens is 1. The molecule has 1 aromatic heterocycles. The number of nitrogen functional groups attached to an aromatic ring is 1. The Morgan fingerprint density at radius 3 is 3.15 bits per heavy atom. The van der Waals surface area contributed by atoms with Crippen LogP contribution in [0, 0.1) is 0 Å². The van der Waals surface area contributed by atoms with Crippen molar-refractivity contribution in [1.29, 1.82) is 0 Å². The molecule has 5 heteroatoms. The fourth-order valence-corrected chi connectivity index (χ4v) is 3.80. The molecule has 2 aromatic rings. The lowest BCUT2D eigenvalue weighted by molar-refractivity contribution is 0.129. The smallest absolute Gasteiger partial charge is 0.181 e. The highest BCUT2D eigenvalue weighted by Crippen LogP contribution is 2.25. The molecule has 0 amide bonds. The van der Waals surface area contributed by atoms with Gasteiger partial charge in [-0.25, -0.2) is 4.98 Å². The van der Waals surface area contributed by atoms with Crippen LogP contribution in [0.1, 0.15) is 18.4 Å². The first kappa shape index (κ1) is 13.8. The number of fused-ring (bicyclic) bond motifs is 1. The highest BCUT2D eigenvalue weighted by atomic mass is 32.1. The average Bonchev–Trinajstić information content (AvgIpc) is 2.78. The summed E-state index contributed by atoms with van der Waals surface area (Å²) < 4.78 is 1.19. The van der Waals surface area contributed by atoms with Crippen LogP contribution in [-0.4, -0.2) is 48.0 Å². The number of piperidine rings is 1. The van der Waals surface area contributed by atoms with Crippen LogP contribution in [-0.2, 0) is 6.54 Å². The van der Waals surface area contributed by atoms with Crippen molar-refractivity contribution in [2.75, 3.05) is 32.9 Å². The molecule has 1 aliphatic rings. The van der Waals surface area contributed by atoms with Gasteiger partial charge in [-0.2, -0.15) is 0 Å². The van der Waals surface area contributed by atoms with Gasteiger partial charge in [-0.1, -0.05) is 17.4 Å². The van der Waals surface area contributed by atoms with E-state index in [9.17, 15) is 0 Å². The normalized spacial score (nSPS) is 20.9. The van der Waals surface area contributed by atoms with Gasteiger partial charge in [-0.3, -0.25) is 4.90 Å². The van der Waals surface area contributed by atoms with Crippen molar-refractivity contribution in [2.45, 2.75) is 25.4 Å². The maximum absolute atomic E-state index is 5.77. The van der Waals surface area contributed by atoms with Crippen molar-refractivity contribution >= 4 is 26.7 Å². The Morgan fingerprint density at radius 2 is 2.35 bits per heavy atom. The van der Waals surface area contributed by atoms with Crippen LogP contribution >= 0.6 is 11.3 Å². The van der Waals surface area contributed by atoms with Crippen LogP contribution in [0.4, 0.5) is 5.13 Å². The van der Waals surface area contributed by atoms with Crippen LogP contribution in [0.3, 0.4) is 0 Å². The van der Waals surface area contributed by atoms with E-state index in [1.165, 1.54) is 36.2 Å². The second-order valence-corrected chi connectivity index (χ2v) is 6.89. The summed E-state index contributed by atoms with van der Waals surface area (Å²) >= 11 is 1.57. The molecule has 2 N–H and O–H groups in total. The molecule has 0 spiro atoms. The molecule has 1 aromatic carbocycles. The predicted molar refractivity (Wildman–Crippen MR) is 86.0 cm³/mol. The first-order valence-corrected chi connectivity index (χ1v) is 7.97. The van der Waals surface area contributed by atoms with Crippen molar-refractivity contribution in [3.8, 4) is 0 Å². The van der Waals surface area contributed by atoms with Crippen molar-refractivity contribution in [3.63, 3.8) is 0 Å². The molecule has 108 valence electrons. The molecule has 1 unspecified atom stereocenters. The lowest BCUT2D eigenvalue weighted by atomic mass is 10.0. The quantitative estimate of drug-likeness (QED) is 0.943. The zero-order valence-corrected chi connectivity index (χ0v) is 13.0. The summed E-state index contributed by atoms with van der Waals surface area (Å²) in [5.41, 5.74) is 8.12. The number of benzene rings is 1. The zero-order chi connectivity index (χ0) is 14.1. The van der Waals surface area contributed by atoms with E-state index in [1.54, 1.807) is 11.3 Å². The van der Waals surface area contributed by atoms with E-state index < -0.39 is 0 Å². The van der Waals surface area contributed by atoms with Crippen molar-refractivity contribution in [1.82, 2.24) is 14.8 Å². The fraction of sp³-hybridized carbons (Fsp3) is 0.533. The second-order valence-electron chi connectivity index (χ2n) is 5.83. The van der Waals surface area contributed by atoms with Crippen LogP contribution in [0.5, 0.6) is 0 Å². The summed E-state index contributed by atoms with van der Waals surface area (Å²) in [4.78, 5) is 9.21. The molecule has 0 saturated carbocycles. The SMILES string of the molecule is CN1CCCC(N(C)Cc2ccc3nc(N)sc3c2)C1. The van der Waals surface area contributed by atoms with Gasteiger partial charge in [0, 0.05) is 19.1 Å². The lowest BCUT2D eigenvalue weighted by Crippen LogP contribution is -2.44. The minimum atomic E-state index is 0.652. The maximum Gasteiger partial charge on any atom is 0.181 e. The van der Waals surface area contributed by atoms with E-state index in [1.807, 2.05) is 0 Å². The van der Waals surface area contributed by atoms with Crippen molar-refractivity contribution in [2.24, 2.45) is 0 Å². The third-order valence-corrected chi connectivity index (χ3v) is 4.97. The Balaban J connectivity index is 1.71. The standard InChI is InChI=1S/C15H22N4S/c1-18-7-3-4-12(10-18)19(2)9-11-5-6-13-14(8-11)20-15(16)17-13/h5-6,8,12H,3-4,7,9-10H2,1-2H3,(H2,16,17). The Labute approximate surface area is 124 Å². The summed E-state index contributed by atoms with van der Waals surface area (Å²) in [6.45, 7) is 3.40. The van der Waals surface area contributed by atoms with E-state index in [0.29, 0.717) is 11.2 Å². The van der Waals surface area contributed by atoms with Gasteiger partial charge < -0.3 is 10.6 Å². The van der Waals surface area contributed by atoms with Crippen LogP contribution in [0.25, 0.3) is 10.2 Å².